The smallest absolute Gasteiger partial charge is 0.407 e. The van der Waals surface area contributed by atoms with E-state index in [4.69, 9.17) is 9.84 Å². The van der Waals surface area contributed by atoms with E-state index in [0.717, 1.165) is 28.7 Å². The highest BCUT2D eigenvalue weighted by Gasteiger charge is 2.36. The molecule has 1 saturated carbocycles. The Kier molecular flexibility index (Phi) is 6.62. The molecule has 33 heavy (non-hydrogen) atoms. The highest BCUT2D eigenvalue weighted by Crippen LogP contribution is 2.44. The quantitative estimate of drug-likeness (QED) is 0.535. The predicted molar refractivity (Wildman–Crippen MR) is 120 cm³/mol. The summed E-state index contributed by atoms with van der Waals surface area (Å²) in [6.45, 7) is 0.128. The van der Waals surface area contributed by atoms with Gasteiger partial charge < -0.3 is 20.5 Å². The van der Waals surface area contributed by atoms with E-state index in [1.54, 1.807) is 0 Å². The van der Waals surface area contributed by atoms with Gasteiger partial charge in [0, 0.05) is 12.5 Å². The monoisotopic (exact) mass is 454 g/mol. The average Bonchev–Trinajstić information content (AvgIpc) is 3.09. The second kappa shape index (κ2) is 9.60. The molecule has 0 spiro atoms. The van der Waals surface area contributed by atoms with E-state index in [1.165, 1.54) is 0 Å². The lowest BCUT2D eigenvalue weighted by Crippen LogP contribution is -2.49. The molecule has 0 bridgehead atoms. The van der Waals surface area contributed by atoms with Gasteiger partial charge in [-0.3, -0.25) is 9.59 Å². The van der Waals surface area contributed by atoms with Crippen LogP contribution in [0.5, 0.6) is 0 Å². The molecule has 2 amide bonds. The van der Waals surface area contributed by atoms with Gasteiger partial charge in [-0.2, -0.15) is 0 Å². The van der Waals surface area contributed by atoms with Crippen molar-refractivity contribution in [2.24, 2.45) is 0 Å². The number of fused-ring (bicyclic) bond motifs is 3. The van der Waals surface area contributed by atoms with Crippen LogP contribution < -0.4 is 10.6 Å². The Labute approximate surface area is 191 Å². The molecular weight excluding hydrogens is 427 g/mol. The summed E-state index contributed by atoms with van der Waals surface area (Å²) in [5.74, 6) is -2.07. The number of hydrogen-bond donors (Lipinski definition) is 3. The maximum atomic E-state index is 14.1. The first-order valence-electron chi connectivity index (χ1n) is 11.2. The number of benzene rings is 2. The Hall–Kier alpha value is -3.42. The van der Waals surface area contributed by atoms with Crippen LogP contribution in [0.25, 0.3) is 11.1 Å². The molecule has 4 rings (SSSR count). The maximum Gasteiger partial charge on any atom is 0.407 e. The molecule has 0 radical (unpaired) electrons. The Morgan fingerprint density at radius 1 is 1.06 bits per heavy atom. The lowest BCUT2D eigenvalue weighted by Gasteiger charge is -2.33. The third-order valence-electron chi connectivity index (χ3n) is 6.45. The van der Waals surface area contributed by atoms with Crippen LogP contribution in [-0.4, -0.2) is 47.9 Å². The lowest BCUT2D eigenvalue weighted by atomic mass is 9.79. The number of carbonyl (C=O) groups excluding carboxylic acids is 2. The molecule has 1 fully saturated rings. The fourth-order valence-electron chi connectivity index (χ4n) is 4.51. The number of aliphatic carboxylic acids is 1. The SMILES string of the molecule is O=C(O)CC(NC(=O)OCC1c2ccccc2-c2ccccc21)C(=O)NCCC1(F)CCC1. The van der Waals surface area contributed by atoms with E-state index in [0.29, 0.717) is 12.8 Å². The van der Waals surface area contributed by atoms with Crippen molar-refractivity contribution in [2.45, 2.75) is 49.7 Å². The Morgan fingerprint density at radius 2 is 1.67 bits per heavy atom. The van der Waals surface area contributed by atoms with Crippen LogP contribution in [0, 0.1) is 0 Å². The molecule has 3 N–H and O–H groups in total. The molecule has 8 heteroatoms. The fraction of sp³-hybridized carbons (Fsp3) is 0.400. The Balaban J connectivity index is 1.35. The first-order chi connectivity index (χ1) is 15.9. The molecule has 0 aromatic heterocycles. The summed E-state index contributed by atoms with van der Waals surface area (Å²) in [6, 6.07) is 14.5. The number of nitrogens with one attached hydrogen (secondary N) is 2. The molecule has 0 saturated heterocycles. The fourth-order valence-corrected chi connectivity index (χ4v) is 4.51. The number of amides is 2. The minimum absolute atomic E-state index is 0.0473. The van der Waals surface area contributed by atoms with E-state index < -0.39 is 36.1 Å². The summed E-state index contributed by atoms with van der Waals surface area (Å²) < 4.78 is 19.5. The number of carboxylic acids is 1. The summed E-state index contributed by atoms with van der Waals surface area (Å²) in [6.07, 6.45) is 0.466. The maximum absolute atomic E-state index is 14.1. The van der Waals surface area contributed by atoms with E-state index in [1.807, 2.05) is 48.5 Å². The first kappa shape index (κ1) is 22.8. The predicted octanol–water partition coefficient (Wildman–Crippen LogP) is 3.77. The number of alkyl carbamates (subject to hydrolysis) is 1. The molecule has 2 aliphatic carbocycles. The zero-order valence-electron chi connectivity index (χ0n) is 18.2. The van der Waals surface area contributed by atoms with Gasteiger partial charge in [0.05, 0.1) is 6.42 Å². The second-order valence-corrected chi connectivity index (χ2v) is 8.67. The number of carbonyl (C=O) groups is 3. The molecule has 0 heterocycles. The number of hydrogen-bond acceptors (Lipinski definition) is 4. The Bertz CT molecular complexity index is 1010. The van der Waals surface area contributed by atoms with Gasteiger partial charge >= 0.3 is 12.1 Å². The molecule has 7 nitrogen and oxygen atoms in total. The number of ether oxygens (including phenoxy) is 1. The number of carboxylic acid groups (broad SMARTS) is 1. The summed E-state index contributed by atoms with van der Waals surface area (Å²) in [5, 5.41) is 14.0. The zero-order chi connectivity index (χ0) is 23.4. The van der Waals surface area contributed by atoms with Crippen LogP contribution in [0.2, 0.25) is 0 Å². The molecular formula is C25H27FN2O5. The van der Waals surface area contributed by atoms with E-state index >= 15 is 0 Å². The number of halogens is 1. The summed E-state index contributed by atoms with van der Waals surface area (Å²) in [4.78, 5) is 36.1. The molecule has 2 aromatic carbocycles. The van der Waals surface area contributed by atoms with Gasteiger partial charge in [0.15, 0.2) is 0 Å². The van der Waals surface area contributed by atoms with Gasteiger partial charge in [0.25, 0.3) is 0 Å². The second-order valence-electron chi connectivity index (χ2n) is 8.67. The van der Waals surface area contributed by atoms with Crippen molar-refractivity contribution in [3.8, 4) is 11.1 Å². The van der Waals surface area contributed by atoms with Crippen molar-refractivity contribution in [1.29, 1.82) is 0 Å². The van der Waals surface area contributed by atoms with Gasteiger partial charge in [-0.05, 0) is 47.9 Å². The van der Waals surface area contributed by atoms with Crippen LogP contribution in [0.3, 0.4) is 0 Å². The van der Waals surface area contributed by atoms with Crippen molar-refractivity contribution >= 4 is 18.0 Å². The average molecular weight is 454 g/mol. The van der Waals surface area contributed by atoms with Crippen molar-refractivity contribution in [1.82, 2.24) is 10.6 Å². The van der Waals surface area contributed by atoms with Gasteiger partial charge in [0.2, 0.25) is 5.91 Å². The summed E-state index contributed by atoms with van der Waals surface area (Å²) in [7, 11) is 0. The van der Waals surface area contributed by atoms with Gasteiger partial charge in [-0.15, -0.1) is 0 Å². The minimum Gasteiger partial charge on any atom is -0.481 e. The van der Waals surface area contributed by atoms with Crippen LogP contribution in [0.4, 0.5) is 9.18 Å². The van der Waals surface area contributed by atoms with Crippen molar-refractivity contribution in [3.63, 3.8) is 0 Å². The topological polar surface area (TPSA) is 105 Å². The van der Waals surface area contributed by atoms with Crippen LogP contribution in [0.15, 0.2) is 48.5 Å². The van der Waals surface area contributed by atoms with Gasteiger partial charge in [0.1, 0.15) is 18.3 Å². The molecule has 174 valence electrons. The van der Waals surface area contributed by atoms with Gasteiger partial charge in [-0.25, -0.2) is 9.18 Å². The minimum atomic E-state index is -1.31. The lowest BCUT2D eigenvalue weighted by molar-refractivity contribution is -0.139. The van der Waals surface area contributed by atoms with Crippen molar-refractivity contribution in [2.75, 3.05) is 13.2 Å². The van der Waals surface area contributed by atoms with E-state index in [-0.39, 0.29) is 25.5 Å². The molecule has 2 aromatic rings. The molecule has 1 atom stereocenters. The molecule has 2 aliphatic rings. The van der Waals surface area contributed by atoms with Crippen molar-refractivity contribution < 1.29 is 28.6 Å². The summed E-state index contributed by atoms with van der Waals surface area (Å²) in [5.41, 5.74) is 3.00. The van der Waals surface area contributed by atoms with Crippen LogP contribution in [-0.2, 0) is 14.3 Å². The third kappa shape index (κ3) is 5.16. The van der Waals surface area contributed by atoms with Crippen LogP contribution >= 0.6 is 0 Å². The van der Waals surface area contributed by atoms with E-state index in [9.17, 15) is 18.8 Å². The summed E-state index contributed by atoms with van der Waals surface area (Å²) >= 11 is 0. The van der Waals surface area contributed by atoms with Crippen LogP contribution in [0.1, 0.15) is 49.1 Å². The number of alkyl halides is 1. The standard InChI is InChI=1S/C25H27FN2O5/c26-25(10-5-11-25)12-13-27-23(31)21(14-22(29)30)28-24(32)33-15-20-18-8-3-1-6-16(18)17-7-2-4-9-19(17)20/h1-4,6-9,20-21H,5,10-15H2,(H,27,31)(H,28,32)(H,29,30). The van der Waals surface area contributed by atoms with Crippen molar-refractivity contribution in [3.05, 3.63) is 59.7 Å². The third-order valence-corrected chi connectivity index (χ3v) is 6.45. The number of rotatable bonds is 9. The molecule has 0 aliphatic heterocycles. The largest absolute Gasteiger partial charge is 0.481 e. The van der Waals surface area contributed by atoms with E-state index in [2.05, 4.69) is 10.6 Å². The normalized spacial score (nSPS) is 16.6. The van der Waals surface area contributed by atoms with Gasteiger partial charge in [-0.1, -0.05) is 48.5 Å². The Morgan fingerprint density at radius 3 is 2.21 bits per heavy atom. The highest BCUT2D eigenvalue weighted by atomic mass is 19.1. The highest BCUT2D eigenvalue weighted by molar-refractivity contribution is 5.89. The molecule has 1 unspecified atom stereocenters. The zero-order valence-corrected chi connectivity index (χ0v) is 18.2. The first-order valence-corrected chi connectivity index (χ1v) is 11.2.